The molecule has 254 valence electrons. The van der Waals surface area contributed by atoms with Crippen molar-refractivity contribution in [1.82, 2.24) is 13.7 Å². The van der Waals surface area contributed by atoms with Crippen molar-refractivity contribution in [1.29, 1.82) is 10.5 Å². The van der Waals surface area contributed by atoms with Crippen LogP contribution in [0.25, 0.3) is 93.6 Å². The van der Waals surface area contributed by atoms with Crippen molar-refractivity contribution in [3.8, 4) is 40.3 Å². The van der Waals surface area contributed by atoms with Crippen LogP contribution in [0.5, 0.6) is 0 Å². The third-order valence-corrected chi connectivity index (χ3v) is 11.1. The zero-order valence-corrected chi connectivity index (χ0v) is 29.5. The molecule has 5 nitrogen and oxygen atoms in total. The molecule has 11 rings (SSSR count). The quantitative estimate of drug-likeness (QED) is 0.184. The van der Waals surface area contributed by atoms with E-state index in [-0.39, 0.29) is 0 Å². The molecule has 3 heterocycles. The van der Waals surface area contributed by atoms with Gasteiger partial charge < -0.3 is 13.7 Å². The molecule has 0 N–H and O–H groups in total. The van der Waals surface area contributed by atoms with E-state index >= 15 is 0 Å². The maximum atomic E-state index is 10.9. The molecule has 0 saturated heterocycles. The molecular weight excluding hydrogens is 671 g/mol. The fraction of sp³-hybridized carbons (Fsp3) is 0. The summed E-state index contributed by atoms with van der Waals surface area (Å²) in [7, 11) is 0. The van der Waals surface area contributed by atoms with E-state index in [1.54, 1.807) is 0 Å². The van der Waals surface area contributed by atoms with Crippen LogP contribution in [0.3, 0.4) is 0 Å². The standard InChI is InChI=1S/C50H29N5/c51-30-32-23-28-47-40(29-32)38-13-3-7-18-44(38)54(47)48-21-10-22-49-50(48)39-14-4-8-19-45(39)55(49)46-20-9-15-35(41(46)31-52)33-24-26-34(27-25-33)53-42-16-5-1-11-36(42)37-12-2-6-17-43(37)53/h1-29H. The third kappa shape index (κ3) is 4.39. The molecule has 0 atom stereocenters. The molecule has 11 aromatic rings. The third-order valence-electron chi connectivity index (χ3n) is 11.1. The van der Waals surface area contributed by atoms with Crippen molar-refractivity contribution in [2.75, 3.05) is 0 Å². The predicted molar refractivity (Wildman–Crippen MR) is 224 cm³/mol. The fourth-order valence-electron chi connectivity index (χ4n) is 8.82. The van der Waals surface area contributed by atoms with Gasteiger partial charge in [0.05, 0.1) is 61.7 Å². The number of benzene rings is 8. The number of rotatable bonds is 4. The lowest BCUT2D eigenvalue weighted by Crippen LogP contribution is -2.00. The first-order valence-electron chi connectivity index (χ1n) is 18.3. The summed E-state index contributed by atoms with van der Waals surface area (Å²) < 4.78 is 6.86. The van der Waals surface area contributed by atoms with E-state index in [4.69, 9.17) is 0 Å². The number of nitrogens with zero attached hydrogens (tertiary/aromatic N) is 5. The summed E-state index contributed by atoms with van der Waals surface area (Å²) in [6.07, 6.45) is 0. The van der Waals surface area contributed by atoms with Gasteiger partial charge in [-0.15, -0.1) is 0 Å². The second kappa shape index (κ2) is 11.8. The number of nitriles is 2. The smallest absolute Gasteiger partial charge is 0.102 e. The molecule has 0 fully saturated rings. The second-order valence-corrected chi connectivity index (χ2v) is 13.9. The van der Waals surface area contributed by atoms with Gasteiger partial charge in [-0.25, -0.2) is 0 Å². The van der Waals surface area contributed by atoms with Crippen LogP contribution in [0.1, 0.15) is 11.1 Å². The van der Waals surface area contributed by atoms with Gasteiger partial charge in [0, 0.05) is 43.6 Å². The predicted octanol–water partition coefficient (Wildman–Crippen LogP) is 12.4. The first kappa shape index (κ1) is 30.7. The Morgan fingerprint density at radius 2 is 0.873 bits per heavy atom. The lowest BCUT2D eigenvalue weighted by Gasteiger charge is -2.15. The summed E-state index contributed by atoms with van der Waals surface area (Å²) in [4.78, 5) is 0. The van der Waals surface area contributed by atoms with Crippen LogP contribution in [0.2, 0.25) is 0 Å². The minimum atomic E-state index is 0.612. The summed E-state index contributed by atoms with van der Waals surface area (Å²) in [5.74, 6) is 0. The average Bonchev–Trinajstić information content (AvgIpc) is 3.89. The molecular formula is C50H29N5. The summed E-state index contributed by atoms with van der Waals surface area (Å²) >= 11 is 0. The first-order valence-corrected chi connectivity index (χ1v) is 18.3. The minimum Gasteiger partial charge on any atom is -0.309 e. The number of aromatic nitrogens is 3. The van der Waals surface area contributed by atoms with E-state index in [9.17, 15) is 10.5 Å². The summed E-state index contributed by atoms with van der Waals surface area (Å²) in [5.41, 5.74) is 12.5. The number of fused-ring (bicyclic) bond motifs is 9. The molecule has 0 aliphatic heterocycles. The lowest BCUT2D eigenvalue weighted by atomic mass is 9.98. The lowest BCUT2D eigenvalue weighted by molar-refractivity contribution is 1.16. The number of hydrogen-bond donors (Lipinski definition) is 0. The molecule has 8 aromatic carbocycles. The van der Waals surface area contributed by atoms with Gasteiger partial charge in [0.1, 0.15) is 6.07 Å². The van der Waals surface area contributed by atoms with Gasteiger partial charge in [-0.3, -0.25) is 0 Å². The first-order chi connectivity index (χ1) is 27.2. The van der Waals surface area contributed by atoms with Crippen LogP contribution in [0, 0.1) is 22.7 Å². The zero-order valence-electron chi connectivity index (χ0n) is 29.5. The number of para-hydroxylation sites is 4. The van der Waals surface area contributed by atoms with E-state index in [2.05, 4.69) is 177 Å². The van der Waals surface area contributed by atoms with Crippen molar-refractivity contribution in [3.63, 3.8) is 0 Å². The highest BCUT2D eigenvalue weighted by Crippen LogP contribution is 2.41. The molecule has 3 aromatic heterocycles. The van der Waals surface area contributed by atoms with Gasteiger partial charge >= 0.3 is 0 Å². The Morgan fingerprint density at radius 1 is 0.364 bits per heavy atom. The summed E-state index contributed by atoms with van der Waals surface area (Å²) in [6.45, 7) is 0. The van der Waals surface area contributed by atoms with Crippen molar-refractivity contribution in [3.05, 3.63) is 187 Å². The zero-order chi connectivity index (χ0) is 36.6. The van der Waals surface area contributed by atoms with Crippen LogP contribution < -0.4 is 0 Å². The van der Waals surface area contributed by atoms with Gasteiger partial charge in [0.15, 0.2) is 0 Å². The molecule has 0 amide bonds. The van der Waals surface area contributed by atoms with Crippen molar-refractivity contribution >= 4 is 65.4 Å². The van der Waals surface area contributed by atoms with E-state index in [0.29, 0.717) is 11.1 Å². The Labute approximate surface area is 316 Å². The molecule has 0 radical (unpaired) electrons. The highest BCUT2D eigenvalue weighted by molar-refractivity contribution is 6.17. The number of hydrogen-bond acceptors (Lipinski definition) is 2. The van der Waals surface area contributed by atoms with Gasteiger partial charge in [0.2, 0.25) is 0 Å². The topological polar surface area (TPSA) is 62.4 Å². The molecule has 0 aliphatic rings. The largest absolute Gasteiger partial charge is 0.309 e. The van der Waals surface area contributed by atoms with Crippen molar-refractivity contribution in [2.45, 2.75) is 0 Å². The van der Waals surface area contributed by atoms with E-state index in [1.807, 2.05) is 24.3 Å². The van der Waals surface area contributed by atoms with Gasteiger partial charge in [0.25, 0.3) is 0 Å². The summed E-state index contributed by atoms with van der Waals surface area (Å²) in [5, 5.41) is 27.4. The van der Waals surface area contributed by atoms with Gasteiger partial charge in [-0.1, -0.05) is 103 Å². The normalized spacial score (nSPS) is 11.6. The Morgan fingerprint density at radius 3 is 1.53 bits per heavy atom. The van der Waals surface area contributed by atoms with E-state index in [1.165, 1.54) is 10.8 Å². The van der Waals surface area contributed by atoms with Crippen LogP contribution in [-0.4, -0.2) is 13.7 Å². The van der Waals surface area contributed by atoms with Crippen molar-refractivity contribution in [2.24, 2.45) is 0 Å². The van der Waals surface area contributed by atoms with Crippen LogP contribution in [0.4, 0.5) is 0 Å². The van der Waals surface area contributed by atoms with Crippen LogP contribution in [-0.2, 0) is 0 Å². The second-order valence-electron chi connectivity index (χ2n) is 13.9. The molecule has 0 aliphatic carbocycles. The van der Waals surface area contributed by atoms with Gasteiger partial charge in [-0.2, -0.15) is 10.5 Å². The van der Waals surface area contributed by atoms with Crippen molar-refractivity contribution < 1.29 is 0 Å². The van der Waals surface area contributed by atoms with Gasteiger partial charge in [-0.05, 0) is 78.4 Å². The fourth-order valence-corrected chi connectivity index (χ4v) is 8.82. The average molecular weight is 700 g/mol. The molecule has 5 heteroatoms. The minimum absolute atomic E-state index is 0.612. The van der Waals surface area contributed by atoms with E-state index in [0.717, 1.165) is 82.8 Å². The molecule has 0 spiro atoms. The maximum Gasteiger partial charge on any atom is 0.102 e. The highest BCUT2D eigenvalue weighted by Gasteiger charge is 2.22. The maximum absolute atomic E-state index is 10.9. The van der Waals surface area contributed by atoms with Crippen LogP contribution >= 0.6 is 0 Å². The molecule has 0 saturated carbocycles. The Kier molecular flexibility index (Phi) is 6.61. The summed E-state index contributed by atoms with van der Waals surface area (Å²) in [6, 6.07) is 65.9. The van der Waals surface area contributed by atoms with E-state index < -0.39 is 0 Å². The monoisotopic (exact) mass is 699 g/mol. The Hall–Kier alpha value is -7.86. The van der Waals surface area contributed by atoms with Crippen LogP contribution in [0.15, 0.2) is 176 Å². The Balaban J connectivity index is 1.11. The molecule has 0 bridgehead atoms. The molecule has 55 heavy (non-hydrogen) atoms. The SMILES string of the molecule is N#Cc1ccc2c(c1)c1ccccc1n2-c1cccc2c1c1ccccc1n2-c1cccc(-c2ccc(-n3c4ccccc4c4ccccc43)cc2)c1C#N. The molecule has 0 unspecified atom stereocenters. The Bertz CT molecular complexity index is 3400. The highest BCUT2D eigenvalue weighted by atomic mass is 15.0.